The molecule has 0 radical (unpaired) electrons. The monoisotopic (exact) mass is 509 g/mol. The minimum atomic E-state index is -3.47. The molecule has 1 saturated heterocycles. The van der Waals surface area contributed by atoms with E-state index >= 15 is 0 Å². The summed E-state index contributed by atoms with van der Waals surface area (Å²) in [6.07, 6.45) is 3.19. The van der Waals surface area contributed by atoms with E-state index in [4.69, 9.17) is 9.47 Å². The van der Waals surface area contributed by atoms with Crippen molar-refractivity contribution in [2.24, 2.45) is 0 Å². The molecular weight excluding hydrogens is 478 g/mol. The number of nitrogens with one attached hydrogen (secondary N) is 1. The van der Waals surface area contributed by atoms with Crippen molar-refractivity contribution in [3.05, 3.63) is 59.7 Å². The van der Waals surface area contributed by atoms with Crippen molar-refractivity contribution < 1.29 is 22.7 Å². The zero-order valence-electron chi connectivity index (χ0n) is 19.7. The predicted molar refractivity (Wildman–Crippen MR) is 135 cm³/mol. The Morgan fingerprint density at radius 1 is 1.00 bits per heavy atom. The number of benzene rings is 2. The molecule has 3 rings (SSSR count). The van der Waals surface area contributed by atoms with Crippen LogP contribution in [0.5, 0.6) is 11.5 Å². The summed E-state index contributed by atoms with van der Waals surface area (Å²) in [4.78, 5) is 14.6. The summed E-state index contributed by atoms with van der Waals surface area (Å²) in [7, 11) is -0.330. The minimum Gasteiger partial charge on any atom is -0.493 e. The van der Waals surface area contributed by atoms with Gasteiger partial charge in [-0.3, -0.25) is 9.69 Å². The van der Waals surface area contributed by atoms with Gasteiger partial charge in [-0.15, -0.1) is 12.4 Å². The average Bonchev–Trinajstić information content (AvgIpc) is 2.83. The van der Waals surface area contributed by atoms with Gasteiger partial charge in [-0.1, -0.05) is 23.8 Å². The van der Waals surface area contributed by atoms with Gasteiger partial charge in [-0.25, -0.2) is 8.42 Å². The highest BCUT2D eigenvalue weighted by atomic mass is 35.5. The third kappa shape index (κ3) is 7.20. The van der Waals surface area contributed by atoms with E-state index < -0.39 is 10.0 Å². The Morgan fingerprint density at radius 3 is 2.26 bits per heavy atom. The maximum absolute atomic E-state index is 12.8. The zero-order chi connectivity index (χ0) is 23.8. The maximum atomic E-state index is 12.8. The topological polar surface area (TPSA) is 88.2 Å². The molecule has 0 unspecified atom stereocenters. The number of nitrogens with zero attached hydrogens (tertiary/aromatic N) is 2. The van der Waals surface area contributed by atoms with Crippen LogP contribution in [0.3, 0.4) is 0 Å². The summed E-state index contributed by atoms with van der Waals surface area (Å²) in [5.74, 6) is 1.04. The molecule has 1 heterocycles. The van der Waals surface area contributed by atoms with Gasteiger partial charge >= 0.3 is 0 Å². The van der Waals surface area contributed by atoms with Gasteiger partial charge in [0.25, 0.3) is 0 Å². The number of aryl methyl sites for hydroxylation is 1. The second-order valence-corrected chi connectivity index (χ2v) is 9.74. The first-order valence-corrected chi connectivity index (χ1v) is 12.2. The first-order valence-electron chi connectivity index (χ1n) is 10.8. The molecule has 0 saturated carbocycles. The number of methoxy groups -OCH3 is 2. The van der Waals surface area contributed by atoms with Crippen molar-refractivity contribution in [3.63, 3.8) is 0 Å². The maximum Gasteiger partial charge on any atom is 0.244 e. The Balaban J connectivity index is 0.00000408. The Labute approximate surface area is 208 Å². The SMILES string of the molecule is COc1ccc(/C=C\C(=O)NCCN2CCN(S(=O)(=O)c3ccc(C)cc3)CC2)cc1OC.Cl. The molecule has 1 aliphatic heterocycles. The van der Waals surface area contributed by atoms with Crippen LogP contribution in [0.1, 0.15) is 11.1 Å². The number of carbonyl (C=O) groups is 1. The second-order valence-electron chi connectivity index (χ2n) is 7.80. The van der Waals surface area contributed by atoms with Crippen LogP contribution in [0.15, 0.2) is 53.4 Å². The Morgan fingerprint density at radius 2 is 1.65 bits per heavy atom. The van der Waals surface area contributed by atoms with E-state index in [0.29, 0.717) is 55.7 Å². The summed E-state index contributed by atoms with van der Waals surface area (Å²) in [6.45, 7) is 5.20. The molecule has 1 N–H and O–H groups in total. The third-order valence-electron chi connectivity index (χ3n) is 5.55. The van der Waals surface area contributed by atoms with E-state index in [0.717, 1.165) is 11.1 Å². The lowest BCUT2D eigenvalue weighted by Crippen LogP contribution is -2.50. The highest BCUT2D eigenvalue weighted by molar-refractivity contribution is 7.89. The van der Waals surface area contributed by atoms with Gasteiger partial charge in [-0.2, -0.15) is 4.31 Å². The van der Waals surface area contributed by atoms with Crippen LogP contribution < -0.4 is 14.8 Å². The number of hydrogen-bond acceptors (Lipinski definition) is 6. The molecule has 34 heavy (non-hydrogen) atoms. The number of piperazine rings is 1. The van der Waals surface area contributed by atoms with Gasteiger partial charge < -0.3 is 14.8 Å². The molecule has 1 fully saturated rings. The Hall–Kier alpha value is -2.59. The summed E-state index contributed by atoms with van der Waals surface area (Å²) in [6, 6.07) is 12.4. The van der Waals surface area contributed by atoms with Crippen LogP contribution in [0.2, 0.25) is 0 Å². The molecule has 2 aromatic rings. The molecule has 0 bridgehead atoms. The quantitative estimate of drug-likeness (QED) is 0.523. The van der Waals surface area contributed by atoms with Crippen LogP contribution in [0.4, 0.5) is 0 Å². The molecule has 186 valence electrons. The van der Waals surface area contributed by atoms with Gasteiger partial charge in [0.1, 0.15) is 0 Å². The van der Waals surface area contributed by atoms with Crippen molar-refractivity contribution in [3.8, 4) is 11.5 Å². The van der Waals surface area contributed by atoms with E-state index in [-0.39, 0.29) is 18.3 Å². The van der Waals surface area contributed by atoms with Gasteiger partial charge in [0.2, 0.25) is 15.9 Å². The lowest BCUT2D eigenvalue weighted by Gasteiger charge is -2.33. The normalized spacial score (nSPS) is 15.0. The first-order chi connectivity index (χ1) is 15.8. The van der Waals surface area contributed by atoms with Crippen LogP contribution in [-0.4, -0.2) is 77.0 Å². The highest BCUT2D eigenvalue weighted by Gasteiger charge is 2.28. The number of carbonyl (C=O) groups excluding carboxylic acids is 1. The number of halogens is 1. The van der Waals surface area contributed by atoms with Crippen molar-refractivity contribution in [1.82, 2.24) is 14.5 Å². The molecule has 0 aromatic heterocycles. The average molecular weight is 510 g/mol. The smallest absolute Gasteiger partial charge is 0.244 e. The van der Waals surface area contributed by atoms with Crippen LogP contribution in [0.25, 0.3) is 6.08 Å². The van der Waals surface area contributed by atoms with E-state index in [1.807, 2.05) is 25.1 Å². The molecule has 8 nitrogen and oxygen atoms in total. The van der Waals surface area contributed by atoms with Gasteiger partial charge in [-0.05, 0) is 42.8 Å². The number of hydrogen-bond donors (Lipinski definition) is 1. The van der Waals surface area contributed by atoms with Crippen molar-refractivity contribution >= 4 is 34.4 Å². The van der Waals surface area contributed by atoms with Gasteiger partial charge in [0, 0.05) is 45.3 Å². The Bertz CT molecular complexity index is 1080. The van der Waals surface area contributed by atoms with Crippen molar-refractivity contribution in [2.45, 2.75) is 11.8 Å². The molecule has 0 aliphatic carbocycles. The largest absolute Gasteiger partial charge is 0.493 e. The zero-order valence-corrected chi connectivity index (χ0v) is 21.3. The molecule has 1 amide bonds. The van der Waals surface area contributed by atoms with E-state index in [1.165, 1.54) is 10.4 Å². The third-order valence-corrected chi connectivity index (χ3v) is 7.46. The fourth-order valence-corrected chi connectivity index (χ4v) is 5.00. The molecule has 0 atom stereocenters. The standard InChI is InChI=1S/C24H31N3O5S.ClH/c1-19-4-8-21(9-5-19)33(29,30)27-16-14-26(15-17-27)13-12-25-24(28)11-7-20-6-10-22(31-2)23(18-20)32-3;/h4-11,18H,12-17H2,1-3H3,(H,25,28);1H/b11-7-;. The predicted octanol–water partition coefficient (Wildman–Crippen LogP) is 2.57. The minimum absolute atomic E-state index is 0. The lowest BCUT2D eigenvalue weighted by molar-refractivity contribution is -0.116. The Kier molecular flexibility index (Phi) is 10.4. The van der Waals surface area contributed by atoms with E-state index in [2.05, 4.69) is 10.2 Å². The lowest BCUT2D eigenvalue weighted by atomic mass is 10.2. The second kappa shape index (κ2) is 12.8. The summed E-state index contributed by atoms with van der Waals surface area (Å²) < 4.78 is 37.6. The highest BCUT2D eigenvalue weighted by Crippen LogP contribution is 2.27. The van der Waals surface area contributed by atoms with Crippen molar-refractivity contribution in [1.29, 1.82) is 0 Å². The molecule has 1 aliphatic rings. The molecular formula is C24H32ClN3O5S. The summed E-state index contributed by atoms with van der Waals surface area (Å²) in [5.41, 5.74) is 1.85. The fraction of sp³-hybridized carbons (Fsp3) is 0.375. The number of ether oxygens (including phenoxy) is 2. The first kappa shape index (κ1) is 27.7. The van der Waals surface area contributed by atoms with Crippen molar-refractivity contribution in [2.75, 3.05) is 53.5 Å². The molecule has 2 aromatic carbocycles. The molecule has 0 spiro atoms. The van der Waals surface area contributed by atoms with Crippen LogP contribution >= 0.6 is 12.4 Å². The van der Waals surface area contributed by atoms with Crippen LogP contribution in [0, 0.1) is 6.92 Å². The van der Waals surface area contributed by atoms with Gasteiger partial charge in [0.05, 0.1) is 19.1 Å². The van der Waals surface area contributed by atoms with Gasteiger partial charge in [0.15, 0.2) is 11.5 Å². The van der Waals surface area contributed by atoms with Crippen LogP contribution in [-0.2, 0) is 14.8 Å². The number of amides is 1. The summed E-state index contributed by atoms with van der Waals surface area (Å²) >= 11 is 0. The van der Waals surface area contributed by atoms with E-state index in [9.17, 15) is 13.2 Å². The van der Waals surface area contributed by atoms with E-state index in [1.54, 1.807) is 44.6 Å². The number of sulfonamides is 1. The fourth-order valence-electron chi connectivity index (χ4n) is 3.58. The summed E-state index contributed by atoms with van der Waals surface area (Å²) in [5, 5.41) is 2.87. The molecule has 10 heteroatoms. The number of rotatable bonds is 9.